The highest BCUT2D eigenvalue weighted by Crippen LogP contribution is 2.18. The average Bonchev–Trinajstić information content (AvgIpc) is 2.64. The molecule has 0 saturated heterocycles. The molecule has 1 aliphatic carbocycles. The summed E-state index contributed by atoms with van der Waals surface area (Å²) in [6, 6.07) is 3.52. The zero-order chi connectivity index (χ0) is 19.6. The third-order valence-electron chi connectivity index (χ3n) is 4.36. The molecule has 6 nitrogen and oxygen atoms in total. The van der Waals surface area contributed by atoms with Gasteiger partial charge in [0.05, 0.1) is 6.54 Å². The summed E-state index contributed by atoms with van der Waals surface area (Å²) >= 11 is 0. The lowest BCUT2D eigenvalue weighted by Crippen LogP contribution is -2.45. The number of carbonyl (C=O) groups is 1. The summed E-state index contributed by atoms with van der Waals surface area (Å²) in [7, 11) is 3.37. The molecule has 0 unspecified atom stereocenters. The van der Waals surface area contributed by atoms with E-state index in [1.807, 2.05) is 0 Å². The van der Waals surface area contributed by atoms with Gasteiger partial charge in [-0.2, -0.15) is 0 Å². The lowest BCUT2D eigenvalue weighted by Gasteiger charge is -2.25. The predicted molar refractivity (Wildman–Crippen MR) is 116 cm³/mol. The summed E-state index contributed by atoms with van der Waals surface area (Å²) in [6.45, 7) is 0.587. The zero-order valence-electron chi connectivity index (χ0n) is 16.3. The molecule has 1 aliphatic rings. The van der Waals surface area contributed by atoms with Gasteiger partial charge in [-0.05, 0) is 25.0 Å². The van der Waals surface area contributed by atoms with Crippen molar-refractivity contribution >= 4 is 35.8 Å². The number of carbonyl (C=O) groups excluding carboxylic acids is 1. The molecule has 28 heavy (non-hydrogen) atoms. The fourth-order valence-corrected chi connectivity index (χ4v) is 2.80. The minimum atomic E-state index is -0.735. The number of guanidine groups is 1. The Morgan fingerprint density at radius 1 is 1.25 bits per heavy atom. The van der Waals surface area contributed by atoms with Gasteiger partial charge in [0.2, 0.25) is 5.91 Å². The molecular weight excluding hydrogens is 481 g/mol. The lowest BCUT2D eigenvalue weighted by molar-refractivity contribution is -0.127. The maximum Gasteiger partial charge on any atom is 0.243 e. The third-order valence-corrected chi connectivity index (χ3v) is 4.36. The SMILES string of the molecule is CN(C)C(=O)CN=C(NCCOc1ccc(F)cc1F)NC1CCCCC1.I. The minimum absolute atomic E-state index is 0. The van der Waals surface area contributed by atoms with Crippen molar-refractivity contribution < 1.29 is 18.3 Å². The molecule has 0 aromatic heterocycles. The number of halogens is 3. The Labute approximate surface area is 182 Å². The molecule has 1 aromatic rings. The second-order valence-electron chi connectivity index (χ2n) is 6.78. The van der Waals surface area contributed by atoms with Gasteiger partial charge >= 0.3 is 0 Å². The van der Waals surface area contributed by atoms with Gasteiger partial charge in [0.15, 0.2) is 17.5 Å². The largest absolute Gasteiger partial charge is 0.489 e. The molecule has 2 N–H and O–H groups in total. The van der Waals surface area contributed by atoms with Crippen LogP contribution in [-0.2, 0) is 4.79 Å². The van der Waals surface area contributed by atoms with Crippen LogP contribution in [0.25, 0.3) is 0 Å². The van der Waals surface area contributed by atoms with Crippen molar-refractivity contribution in [2.24, 2.45) is 4.99 Å². The summed E-state index contributed by atoms with van der Waals surface area (Å²) < 4.78 is 31.8. The van der Waals surface area contributed by atoms with Crippen molar-refractivity contribution in [3.63, 3.8) is 0 Å². The van der Waals surface area contributed by atoms with Gasteiger partial charge in [-0.1, -0.05) is 19.3 Å². The standard InChI is InChI=1S/C19H28F2N4O2.HI/c1-25(2)18(26)13-23-19(24-15-6-4-3-5-7-15)22-10-11-27-17-9-8-14(20)12-16(17)21;/h8-9,12,15H,3-7,10-11,13H2,1-2H3,(H2,22,23,24);1H. The Morgan fingerprint density at radius 2 is 1.96 bits per heavy atom. The van der Waals surface area contributed by atoms with E-state index >= 15 is 0 Å². The van der Waals surface area contributed by atoms with E-state index in [1.54, 1.807) is 14.1 Å². The van der Waals surface area contributed by atoms with Gasteiger partial charge in [-0.15, -0.1) is 24.0 Å². The Hall–Kier alpha value is -1.65. The number of aliphatic imine (C=N–C) groups is 1. The van der Waals surface area contributed by atoms with Crippen molar-refractivity contribution in [1.29, 1.82) is 0 Å². The van der Waals surface area contributed by atoms with Crippen LogP contribution < -0.4 is 15.4 Å². The van der Waals surface area contributed by atoms with E-state index in [1.165, 1.54) is 30.2 Å². The Kier molecular flexibility index (Phi) is 11.1. The number of hydrogen-bond donors (Lipinski definition) is 2. The summed E-state index contributed by atoms with van der Waals surface area (Å²) in [5.74, 6) is -0.931. The summed E-state index contributed by atoms with van der Waals surface area (Å²) in [5.41, 5.74) is 0. The van der Waals surface area contributed by atoms with E-state index in [2.05, 4.69) is 15.6 Å². The first kappa shape index (κ1) is 24.4. The van der Waals surface area contributed by atoms with Crippen molar-refractivity contribution in [2.75, 3.05) is 33.8 Å². The molecule has 0 radical (unpaired) electrons. The Balaban J connectivity index is 0.00000392. The number of hydrogen-bond acceptors (Lipinski definition) is 3. The molecule has 0 spiro atoms. The number of amides is 1. The topological polar surface area (TPSA) is 66.0 Å². The molecule has 158 valence electrons. The van der Waals surface area contributed by atoms with Crippen LogP contribution in [0.5, 0.6) is 5.75 Å². The molecule has 0 aliphatic heterocycles. The summed E-state index contributed by atoms with van der Waals surface area (Å²) in [5, 5.41) is 6.47. The monoisotopic (exact) mass is 510 g/mol. The molecule has 1 aromatic carbocycles. The quantitative estimate of drug-likeness (QED) is 0.256. The van der Waals surface area contributed by atoms with E-state index in [0.717, 1.165) is 25.0 Å². The smallest absolute Gasteiger partial charge is 0.243 e. The highest BCUT2D eigenvalue weighted by molar-refractivity contribution is 14.0. The molecule has 2 rings (SSSR count). The first-order valence-electron chi connectivity index (χ1n) is 9.28. The molecular formula is C19H29F2IN4O2. The molecule has 9 heteroatoms. The van der Waals surface area contributed by atoms with Crippen LogP contribution in [0.3, 0.4) is 0 Å². The van der Waals surface area contributed by atoms with Crippen molar-refractivity contribution in [1.82, 2.24) is 15.5 Å². The molecule has 0 heterocycles. The third kappa shape index (κ3) is 8.57. The van der Waals surface area contributed by atoms with Gasteiger partial charge in [0.1, 0.15) is 19.0 Å². The number of nitrogens with zero attached hydrogens (tertiary/aromatic N) is 2. The average molecular weight is 510 g/mol. The zero-order valence-corrected chi connectivity index (χ0v) is 18.7. The number of likely N-dealkylation sites (N-methyl/N-ethyl adjacent to an activating group) is 1. The normalized spacial score (nSPS) is 14.8. The number of ether oxygens (including phenoxy) is 1. The summed E-state index contributed by atoms with van der Waals surface area (Å²) in [4.78, 5) is 17.6. The lowest BCUT2D eigenvalue weighted by atomic mass is 9.96. The molecule has 0 atom stereocenters. The summed E-state index contributed by atoms with van der Waals surface area (Å²) in [6.07, 6.45) is 5.73. The number of rotatable bonds is 7. The second kappa shape index (κ2) is 12.7. The van der Waals surface area contributed by atoms with Crippen LogP contribution in [0.1, 0.15) is 32.1 Å². The van der Waals surface area contributed by atoms with Crippen LogP contribution in [0.4, 0.5) is 8.78 Å². The van der Waals surface area contributed by atoms with Crippen molar-refractivity contribution in [3.05, 3.63) is 29.8 Å². The van der Waals surface area contributed by atoms with Crippen LogP contribution in [0, 0.1) is 11.6 Å². The minimum Gasteiger partial charge on any atom is -0.489 e. The van der Waals surface area contributed by atoms with Crippen LogP contribution in [-0.4, -0.2) is 56.6 Å². The van der Waals surface area contributed by atoms with Crippen LogP contribution >= 0.6 is 24.0 Å². The predicted octanol–water partition coefficient (Wildman–Crippen LogP) is 2.92. The fraction of sp³-hybridized carbons (Fsp3) is 0.579. The van der Waals surface area contributed by atoms with E-state index in [-0.39, 0.29) is 48.8 Å². The van der Waals surface area contributed by atoms with E-state index in [4.69, 9.17) is 4.74 Å². The van der Waals surface area contributed by atoms with Crippen molar-refractivity contribution in [3.8, 4) is 5.75 Å². The molecule has 0 bridgehead atoms. The maximum absolute atomic E-state index is 13.6. The van der Waals surface area contributed by atoms with Gasteiger partial charge in [0, 0.05) is 26.2 Å². The van der Waals surface area contributed by atoms with E-state index in [0.29, 0.717) is 18.5 Å². The van der Waals surface area contributed by atoms with Gasteiger partial charge < -0.3 is 20.3 Å². The molecule has 1 fully saturated rings. The highest BCUT2D eigenvalue weighted by Gasteiger charge is 2.15. The van der Waals surface area contributed by atoms with E-state index < -0.39 is 11.6 Å². The van der Waals surface area contributed by atoms with Gasteiger partial charge in [-0.3, -0.25) is 4.79 Å². The van der Waals surface area contributed by atoms with Crippen LogP contribution in [0.15, 0.2) is 23.2 Å². The van der Waals surface area contributed by atoms with Gasteiger partial charge in [-0.25, -0.2) is 13.8 Å². The number of benzene rings is 1. The number of nitrogens with one attached hydrogen (secondary N) is 2. The van der Waals surface area contributed by atoms with Crippen molar-refractivity contribution in [2.45, 2.75) is 38.1 Å². The Bertz CT molecular complexity index is 653. The molecule has 1 saturated carbocycles. The molecule has 1 amide bonds. The fourth-order valence-electron chi connectivity index (χ4n) is 2.80. The van der Waals surface area contributed by atoms with E-state index in [9.17, 15) is 13.6 Å². The maximum atomic E-state index is 13.6. The first-order valence-corrected chi connectivity index (χ1v) is 9.28. The highest BCUT2D eigenvalue weighted by atomic mass is 127. The Morgan fingerprint density at radius 3 is 2.61 bits per heavy atom. The van der Waals surface area contributed by atoms with Gasteiger partial charge in [0.25, 0.3) is 0 Å². The first-order chi connectivity index (χ1) is 13.0. The van der Waals surface area contributed by atoms with Crippen LogP contribution in [0.2, 0.25) is 0 Å². The second-order valence-corrected chi connectivity index (χ2v) is 6.78.